The Labute approximate surface area is 223 Å². The molecule has 0 aliphatic rings. The summed E-state index contributed by atoms with van der Waals surface area (Å²) in [5, 5.41) is 10.4. The van der Waals surface area contributed by atoms with E-state index < -0.39 is 35.1 Å². The standard InChI is InChI=1S/C26H20F6N4O2S/c1-16-34-35-24(36(16)21-7-9-22(10-8-21)38-14-17-5-3-2-4-6-17)39-15-23(37)33-20-12-18(25(27,28)29)11-19(13-20)26(30,31)32/h2-13H,14-15H2,1H3,(H,33,37). The summed E-state index contributed by atoms with van der Waals surface area (Å²) in [4.78, 5) is 12.4. The van der Waals surface area contributed by atoms with E-state index in [0.717, 1.165) is 17.3 Å². The number of amides is 1. The lowest BCUT2D eigenvalue weighted by Crippen LogP contribution is -2.17. The van der Waals surface area contributed by atoms with Gasteiger partial charge >= 0.3 is 12.4 Å². The highest BCUT2D eigenvalue weighted by Gasteiger charge is 2.37. The first kappa shape index (κ1) is 28.0. The number of anilines is 1. The van der Waals surface area contributed by atoms with Gasteiger partial charge in [-0.1, -0.05) is 42.1 Å². The normalized spacial score (nSPS) is 11.9. The fourth-order valence-electron chi connectivity index (χ4n) is 3.52. The number of hydrogen-bond donors (Lipinski definition) is 1. The van der Waals surface area contributed by atoms with Gasteiger partial charge in [-0.05, 0) is 55.0 Å². The van der Waals surface area contributed by atoms with Crippen molar-refractivity contribution in [1.82, 2.24) is 14.8 Å². The molecule has 0 saturated carbocycles. The van der Waals surface area contributed by atoms with Crippen LogP contribution in [0.1, 0.15) is 22.5 Å². The number of nitrogens with zero attached hydrogens (tertiary/aromatic N) is 3. The van der Waals surface area contributed by atoms with Crippen LogP contribution in [0.3, 0.4) is 0 Å². The second-order valence-electron chi connectivity index (χ2n) is 8.26. The maximum atomic E-state index is 13.1. The number of rotatable bonds is 8. The Kier molecular flexibility index (Phi) is 8.19. The average Bonchev–Trinajstić information content (AvgIpc) is 3.26. The molecule has 0 aliphatic carbocycles. The van der Waals surface area contributed by atoms with Gasteiger partial charge in [-0.25, -0.2) is 0 Å². The van der Waals surface area contributed by atoms with E-state index in [2.05, 4.69) is 15.5 Å². The van der Waals surface area contributed by atoms with Gasteiger partial charge < -0.3 is 10.1 Å². The smallest absolute Gasteiger partial charge is 0.416 e. The van der Waals surface area contributed by atoms with Crippen molar-refractivity contribution >= 4 is 23.4 Å². The third-order valence-electron chi connectivity index (χ3n) is 5.34. The molecule has 3 aromatic carbocycles. The van der Waals surface area contributed by atoms with Crippen molar-refractivity contribution in [2.45, 2.75) is 31.0 Å². The maximum Gasteiger partial charge on any atom is 0.416 e. The van der Waals surface area contributed by atoms with Crippen molar-refractivity contribution in [3.8, 4) is 11.4 Å². The summed E-state index contributed by atoms with van der Waals surface area (Å²) in [5.41, 5.74) is -1.99. The van der Waals surface area contributed by atoms with E-state index in [1.54, 1.807) is 35.8 Å². The minimum atomic E-state index is -5.02. The molecule has 0 saturated heterocycles. The molecule has 0 unspecified atom stereocenters. The first-order valence-corrected chi connectivity index (χ1v) is 12.3. The van der Waals surface area contributed by atoms with Crippen molar-refractivity contribution in [2.75, 3.05) is 11.1 Å². The second-order valence-corrected chi connectivity index (χ2v) is 9.21. The lowest BCUT2D eigenvalue weighted by Gasteiger charge is -2.15. The van der Waals surface area contributed by atoms with E-state index >= 15 is 0 Å². The molecule has 204 valence electrons. The molecule has 4 aromatic rings. The van der Waals surface area contributed by atoms with E-state index in [-0.39, 0.29) is 11.8 Å². The number of benzene rings is 3. The van der Waals surface area contributed by atoms with Crippen molar-refractivity contribution in [3.63, 3.8) is 0 Å². The third kappa shape index (κ3) is 7.31. The first-order valence-electron chi connectivity index (χ1n) is 11.3. The van der Waals surface area contributed by atoms with Crippen LogP contribution < -0.4 is 10.1 Å². The minimum absolute atomic E-state index is 0.00631. The van der Waals surface area contributed by atoms with Crippen LogP contribution in [0.4, 0.5) is 32.0 Å². The summed E-state index contributed by atoms with van der Waals surface area (Å²) in [5.74, 6) is -0.0253. The Morgan fingerprint density at radius 3 is 2.10 bits per heavy atom. The summed E-state index contributed by atoms with van der Waals surface area (Å²) >= 11 is 0.923. The van der Waals surface area contributed by atoms with Gasteiger partial charge in [0.05, 0.1) is 16.9 Å². The van der Waals surface area contributed by atoms with Gasteiger partial charge in [0.15, 0.2) is 5.16 Å². The van der Waals surface area contributed by atoms with E-state index in [1.165, 1.54) is 0 Å². The zero-order valence-corrected chi connectivity index (χ0v) is 21.0. The molecule has 4 rings (SSSR count). The monoisotopic (exact) mass is 566 g/mol. The topological polar surface area (TPSA) is 69.0 Å². The molecule has 0 spiro atoms. The molecule has 1 amide bonds. The summed E-state index contributed by atoms with van der Waals surface area (Å²) in [6.07, 6.45) is -10.0. The predicted molar refractivity (Wildman–Crippen MR) is 133 cm³/mol. The zero-order valence-electron chi connectivity index (χ0n) is 20.2. The van der Waals surface area contributed by atoms with Crippen LogP contribution in [-0.4, -0.2) is 26.4 Å². The Bertz CT molecular complexity index is 1410. The van der Waals surface area contributed by atoms with Gasteiger partial charge in [-0.2, -0.15) is 26.3 Å². The summed E-state index contributed by atoms with van der Waals surface area (Å²) in [6, 6.07) is 17.6. The number of hydrogen-bond acceptors (Lipinski definition) is 5. The molecule has 39 heavy (non-hydrogen) atoms. The fourth-order valence-corrected chi connectivity index (χ4v) is 4.32. The summed E-state index contributed by atoms with van der Waals surface area (Å²) < 4.78 is 86.0. The number of carbonyl (C=O) groups is 1. The molecule has 0 atom stereocenters. The van der Waals surface area contributed by atoms with E-state index in [9.17, 15) is 31.1 Å². The lowest BCUT2D eigenvalue weighted by atomic mass is 10.1. The Morgan fingerprint density at radius 1 is 0.897 bits per heavy atom. The van der Waals surface area contributed by atoms with Crippen LogP contribution in [0.15, 0.2) is 78.0 Å². The van der Waals surface area contributed by atoms with Gasteiger partial charge in [-0.15, -0.1) is 10.2 Å². The van der Waals surface area contributed by atoms with Crippen LogP contribution >= 0.6 is 11.8 Å². The van der Waals surface area contributed by atoms with Crippen LogP contribution in [-0.2, 0) is 23.8 Å². The quantitative estimate of drug-likeness (QED) is 0.185. The number of alkyl halides is 6. The zero-order chi connectivity index (χ0) is 28.2. The molecule has 1 N–H and O–H groups in total. The lowest BCUT2D eigenvalue weighted by molar-refractivity contribution is -0.143. The van der Waals surface area contributed by atoms with Gasteiger partial charge in [-0.3, -0.25) is 9.36 Å². The van der Waals surface area contributed by atoms with Crippen molar-refractivity contribution < 1.29 is 35.9 Å². The third-order valence-corrected chi connectivity index (χ3v) is 6.27. The molecule has 6 nitrogen and oxygen atoms in total. The molecule has 0 fully saturated rings. The first-order chi connectivity index (χ1) is 18.4. The molecule has 0 bridgehead atoms. The Morgan fingerprint density at radius 2 is 1.51 bits per heavy atom. The summed E-state index contributed by atoms with van der Waals surface area (Å²) in [6.45, 7) is 2.08. The number of ether oxygens (including phenoxy) is 1. The Balaban J connectivity index is 1.43. The average molecular weight is 567 g/mol. The number of halogens is 6. The number of thioether (sulfide) groups is 1. The van der Waals surface area contributed by atoms with Crippen LogP contribution in [0.5, 0.6) is 5.75 Å². The van der Waals surface area contributed by atoms with Crippen molar-refractivity contribution in [2.24, 2.45) is 0 Å². The highest BCUT2D eigenvalue weighted by Crippen LogP contribution is 2.37. The SMILES string of the molecule is Cc1nnc(SCC(=O)Nc2cc(C(F)(F)F)cc(C(F)(F)F)c2)n1-c1ccc(OCc2ccccc2)cc1. The predicted octanol–water partition coefficient (Wildman–Crippen LogP) is 6.92. The minimum Gasteiger partial charge on any atom is -0.489 e. The Hall–Kier alpha value is -4.00. The molecular formula is C26H20F6N4O2S. The molecular weight excluding hydrogens is 546 g/mol. The van der Waals surface area contributed by atoms with E-state index in [4.69, 9.17) is 4.74 Å². The van der Waals surface area contributed by atoms with E-state index in [0.29, 0.717) is 41.2 Å². The molecule has 1 aromatic heterocycles. The molecule has 0 aliphatic heterocycles. The van der Waals surface area contributed by atoms with Crippen LogP contribution in [0.25, 0.3) is 5.69 Å². The van der Waals surface area contributed by atoms with E-state index in [1.807, 2.05) is 30.3 Å². The molecule has 1 heterocycles. The van der Waals surface area contributed by atoms with Crippen molar-refractivity contribution in [1.29, 1.82) is 0 Å². The number of nitrogens with one attached hydrogen (secondary N) is 1. The van der Waals surface area contributed by atoms with Crippen molar-refractivity contribution in [3.05, 3.63) is 95.3 Å². The largest absolute Gasteiger partial charge is 0.489 e. The fraction of sp³-hybridized carbons (Fsp3) is 0.192. The highest BCUT2D eigenvalue weighted by molar-refractivity contribution is 7.99. The number of aryl methyl sites for hydroxylation is 1. The van der Waals surface area contributed by atoms with Crippen LogP contribution in [0, 0.1) is 6.92 Å². The van der Waals surface area contributed by atoms with Gasteiger partial charge in [0, 0.05) is 11.4 Å². The van der Waals surface area contributed by atoms with Gasteiger partial charge in [0.25, 0.3) is 0 Å². The highest BCUT2D eigenvalue weighted by atomic mass is 32.2. The molecule has 13 heteroatoms. The summed E-state index contributed by atoms with van der Waals surface area (Å²) in [7, 11) is 0. The van der Waals surface area contributed by atoms with Gasteiger partial charge in [0.1, 0.15) is 18.2 Å². The van der Waals surface area contributed by atoms with Crippen LogP contribution in [0.2, 0.25) is 0 Å². The molecule has 0 radical (unpaired) electrons. The second kappa shape index (κ2) is 11.4. The maximum absolute atomic E-state index is 13.1. The number of carbonyl (C=O) groups excluding carboxylic acids is 1. The number of aromatic nitrogens is 3. The van der Waals surface area contributed by atoms with Gasteiger partial charge in [0.2, 0.25) is 5.91 Å².